The van der Waals surface area contributed by atoms with Gasteiger partial charge >= 0.3 is 11.9 Å². The van der Waals surface area contributed by atoms with Gasteiger partial charge in [0.1, 0.15) is 5.82 Å². The molecule has 0 saturated heterocycles. The summed E-state index contributed by atoms with van der Waals surface area (Å²) in [5.41, 5.74) is 1.21. The van der Waals surface area contributed by atoms with Crippen LogP contribution in [-0.2, 0) is 22.4 Å². The molecular formula is C12H11F3O2. The van der Waals surface area contributed by atoms with E-state index in [-0.39, 0.29) is 12.8 Å². The lowest BCUT2D eigenvalue weighted by Gasteiger charge is -2.19. The molecule has 0 bridgehead atoms. The van der Waals surface area contributed by atoms with Crippen molar-refractivity contribution in [1.29, 1.82) is 0 Å². The molecule has 0 spiro atoms. The van der Waals surface area contributed by atoms with E-state index in [4.69, 9.17) is 0 Å². The van der Waals surface area contributed by atoms with Crippen molar-refractivity contribution in [2.75, 3.05) is 7.11 Å². The maximum atomic E-state index is 13.6. The lowest BCUT2D eigenvalue weighted by molar-refractivity contribution is -0.176. The molecule has 1 aliphatic carbocycles. The molecule has 0 N–H and O–H groups in total. The number of hydrogen-bond acceptors (Lipinski definition) is 2. The fourth-order valence-corrected chi connectivity index (χ4v) is 2.15. The number of carbonyl (C=O) groups is 1. The zero-order chi connectivity index (χ0) is 12.6. The number of ether oxygens (including phenoxy) is 1. The van der Waals surface area contributed by atoms with Crippen LogP contribution in [0.2, 0.25) is 0 Å². The Morgan fingerprint density at radius 3 is 2.65 bits per heavy atom. The number of benzene rings is 1. The first-order valence-electron chi connectivity index (χ1n) is 5.18. The monoisotopic (exact) mass is 244 g/mol. The summed E-state index contributed by atoms with van der Waals surface area (Å²) in [7, 11) is 0.929. The molecule has 2 nitrogen and oxygen atoms in total. The smallest absolute Gasteiger partial charge is 0.377 e. The van der Waals surface area contributed by atoms with Gasteiger partial charge in [-0.05, 0) is 36.1 Å². The summed E-state index contributed by atoms with van der Waals surface area (Å²) in [5, 5.41) is 0. The molecule has 1 aromatic carbocycles. The molecule has 0 amide bonds. The number of methoxy groups -OCH3 is 1. The van der Waals surface area contributed by atoms with E-state index in [2.05, 4.69) is 4.74 Å². The van der Waals surface area contributed by atoms with Crippen LogP contribution in [0.15, 0.2) is 18.2 Å². The molecule has 0 fully saturated rings. The molecule has 0 aliphatic heterocycles. The van der Waals surface area contributed by atoms with Gasteiger partial charge < -0.3 is 4.74 Å². The van der Waals surface area contributed by atoms with Gasteiger partial charge in [0.05, 0.1) is 7.11 Å². The highest BCUT2D eigenvalue weighted by Gasteiger charge is 2.50. The molecule has 1 unspecified atom stereocenters. The van der Waals surface area contributed by atoms with Crippen LogP contribution in [0.3, 0.4) is 0 Å². The third-order valence-corrected chi connectivity index (χ3v) is 3.07. The molecular weight excluding hydrogens is 233 g/mol. The Morgan fingerprint density at radius 1 is 1.35 bits per heavy atom. The van der Waals surface area contributed by atoms with Gasteiger partial charge in [0.2, 0.25) is 0 Å². The minimum absolute atomic E-state index is 0.00477. The fourth-order valence-electron chi connectivity index (χ4n) is 2.15. The summed E-state index contributed by atoms with van der Waals surface area (Å²) in [4.78, 5) is 11.0. The molecule has 1 atom stereocenters. The molecule has 0 aromatic heterocycles. The van der Waals surface area contributed by atoms with Crippen LogP contribution >= 0.6 is 0 Å². The fraction of sp³-hybridized carbons (Fsp3) is 0.417. The summed E-state index contributed by atoms with van der Waals surface area (Å²) >= 11 is 0. The zero-order valence-electron chi connectivity index (χ0n) is 9.17. The highest BCUT2D eigenvalue weighted by atomic mass is 19.3. The van der Waals surface area contributed by atoms with Gasteiger partial charge in [0.15, 0.2) is 0 Å². The van der Waals surface area contributed by atoms with Crippen LogP contribution in [0.4, 0.5) is 13.2 Å². The molecule has 92 valence electrons. The number of fused-ring (bicyclic) bond motifs is 1. The van der Waals surface area contributed by atoms with Gasteiger partial charge in [0, 0.05) is 5.92 Å². The zero-order valence-corrected chi connectivity index (χ0v) is 9.17. The van der Waals surface area contributed by atoms with Gasteiger partial charge in [-0.1, -0.05) is 6.07 Å². The van der Waals surface area contributed by atoms with Crippen molar-refractivity contribution in [3.05, 3.63) is 35.1 Å². The highest BCUT2D eigenvalue weighted by molar-refractivity contribution is 5.78. The first kappa shape index (κ1) is 12.0. The van der Waals surface area contributed by atoms with Crippen LogP contribution in [0.25, 0.3) is 0 Å². The second kappa shape index (κ2) is 4.05. The van der Waals surface area contributed by atoms with Crippen LogP contribution < -0.4 is 0 Å². The molecule has 17 heavy (non-hydrogen) atoms. The van der Waals surface area contributed by atoms with Gasteiger partial charge in [-0.3, -0.25) is 0 Å². The highest BCUT2D eigenvalue weighted by Crippen LogP contribution is 2.38. The number of halogens is 3. The van der Waals surface area contributed by atoms with Crippen molar-refractivity contribution in [2.45, 2.75) is 18.8 Å². The summed E-state index contributed by atoms with van der Waals surface area (Å²) in [6.07, 6.45) is 0.0624. The average molecular weight is 244 g/mol. The summed E-state index contributed by atoms with van der Waals surface area (Å²) in [6.45, 7) is 0. The van der Waals surface area contributed by atoms with E-state index in [1.54, 1.807) is 0 Å². The Hall–Kier alpha value is -1.52. The number of esters is 1. The lowest BCUT2D eigenvalue weighted by atomic mass is 9.98. The Balaban J connectivity index is 2.23. The van der Waals surface area contributed by atoms with Crippen molar-refractivity contribution < 1.29 is 22.7 Å². The minimum Gasteiger partial charge on any atom is -0.465 e. The Morgan fingerprint density at radius 2 is 2.00 bits per heavy atom. The van der Waals surface area contributed by atoms with Crippen LogP contribution in [0.1, 0.15) is 11.1 Å². The minimum atomic E-state index is -3.52. The van der Waals surface area contributed by atoms with E-state index in [1.165, 1.54) is 18.2 Å². The second-order valence-corrected chi connectivity index (χ2v) is 4.13. The molecule has 2 rings (SSSR count). The Labute approximate surface area is 96.4 Å². The number of alkyl halides is 2. The molecule has 0 saturated carbocycles. The SMILES string of the molecule is COC(=O)C(F)(F)C1Cc2ccc(F)cc2C1. The predicted octanol–water partition coefficient (Wildman–Crippen LogP) is 2.35. The third kappa shape index (κ3) is 2.01. The standard InChI is InChI=1S/C12H11F3O2/c1-17-11(16)12(14,15)9-4-7-2-3-10(13)6-8(7)5-9/h2-3,6,9H,4-5H2,1H3. The van der Waals surface area contributed by atoms with Crippen LogP contribution in [-0.4, -0.2) is 19.0 Å². The quantitative estimate of drug-likeness (QED) is 0.746. The van der Waals surface area contributed by atoms with Gasteiger partial charge in [-0.25, -0.2) is 9.18 Å². The van der Waals surface area contributed by atoms with Gasteiger partial charge in [-0.2, -0.15) is 8.78 Å². The maximum Gasteiger partial charge on any atom is 0.377 e. The largest absolute Gasteiger partial charge is 0.465 e. The van der Waals surface area contributed by atoms with E-state index in [1.807, 2.05) is 0 Å². The molecule has 0 heterocycles. The van der Waals surface area contributed by atoms with Crippen molar-refractivity contribution in [1.82, 2.24) is 0 Å². The number of carbonyl (C=O) groups excluding carboxylic acids is 1. The van der Waals surface area contributed by atoms with Crippen molar-refractivity contribution in [3.63, 3.8) is 0 Å². The average Bonchev–Trinajstić information content (AvgIpc) is 2.71. The Kier molecular flexibility index (Phi) is 2.85. The molecule has 1 aromatic rings. The topological polar surface area (TPSA) is 26.3 Å². The first-order valence-corrected chi connectivity index (χ1v) is 5.18. The van der Waals surface area contributed by atoms with Crippen LogP contribution in [0.5, 0.6) is 0 Å². The van der Waals surface area contributed by atoms with E-state index in [9.17, 15) is 18.0 Å². The van der Waals surface area contributed by atoms with Gasteiger partial charge in [-0.15, -0.1) is 0 Å². The first-order chi connectivity index (χ1) is 7.95. The maximum absolute atomic E-state index is 13.6. The van der Waals surface area contributed by atoms with E-state index >= 15 is 0 Å². The lowest BCUT2D eigenvalue weighted by Crippen LogP contribution is -2.38. The van der Waals surface area contributed by atoms with E-state index in [0.29, 0.717) is 11.1 Å². The second-order valence-electron chi connectivity index (χ2n) is 4.13. The number of hydrogen-bond donors (Lipinski definition) is 0. The predicted molar refractivity (Wildman–Crippen MR) is 54.3 cm³/mol. The van der Waals surface area contributed by atoms with Crippen molar-refractivity contribution in [3.8, 4) is 0 Å². The van der Waals surface area contributed by atoms with E-state index in [0.717, 1.165) is 7.11 Å². The number of rotatable bonds is 2. The van der Waals surface area contributed by atoms with E-state index < -0.39 is 23.6 Å². The third-order valence-electron chi connectivity index (χ3n) is 3.07. The summed E-state index contributed by atoms with van der Waals surface area (Å²) in [6, 6.07) is 3.96. The van der Waals surface area contributed by atoms with Crippen molar-refractivity contribution in [2.24, 2.45) is 5.92 Å². The summed E-state index contributed by atoms with van der Waals surface area (Å²) in [5.74, 6) is -6.65. The molecule has 0 radical (unpaired) electrons. The molecule has 1 aliphatic rings. The molecule has 5 heteroatoms. The van der Waals surface area contributed by atoms with Crippen LogP contribution in [0, 0.1) is 11.7 Å². The van der Waals surface area contributed by atoms with Crippen molar-refractivity contribution >= 4 is 5.97 Å². The Bertz CT molecular complexity index is 457. The van der Waals surface area contributed by atoms with Gasteiger partial charge in [0.25, 0.3) is 0 Å². The summed E-state index contributed by atoms with van der Waals surface area (Å²) < 4.78 is 44.3. The normalized spacial score (nSPS) is 18.9.